The maximum atomic E-state index is 12.9. The zero-order valence-corrected chi connectivity index (χ0v) is 24.0. The summed E-state index contributed by atoms with van der Waals surface area (Å²) in [5.41, 5.74) is 1.72. The number of aromatic nitrogens is 3. The Morgan fingerprint density at radius 1 is 1.07 bits per heavy atom. The lowest BCUT2D eigenvalue weighted by atomic mass is 10.1. The molecule has 0 saturated carbocycles. The molecule has 0 spiro atoms. The number of ether oxygens (including phenoxy) is 1. The molecule has 3 aromatic carbocycles. The van der Waals surface area contributed by atoms with Crippen LogP contribution in [0.5, 0.6) is 5.75 Å². The number of anilines is 1. The van der Waals surface area contributed by atoms with Crippen LogP contribution in [0.2, 0.25) is 0 Å². The molecule has 0 aliphatic heterocycles. The van der Waals surface area contributed by atoms with Crippen molar-refractivity contribution in [3.8, 4) is 11.4 Å². The van der Waals surface area contributed by atoms with Gasteiger partial charge in [-0.05, 0) is 68.4 Å². The average molecular weight is 626 g/mol. The minimum absolute atomic E-state index is 0.00294. The monoisotopic (exact) mass is 624 g/mol. The highest BCUT2D eigenvalue weighted by Gasteiger charge is 2.20. The summed E-state index contributed by atoms with van der Waals surface area (Å²) < 4.78 is 8.06. The third kappa shape index (κ3) is 7.04. The zero-order chi connectivity index (χ0) is 28.6. The van der Waals surface area contributed by atoms with E-state index in [4.69, 9.17) is 4.74 Å². The first-order chi connectivity index (χ1) is 19.3. The Labute approximate surface area is 242 Å². The Morgan fingerprint density at radius 2 is 1.80 bits per heavy atom. The van der Waals surface area contributed by atoms with Crippen molar-refractivity contribution in [1.82, 2.24) is 20.1 Å². The molecule has 0 atom stereocenters. The van der Waals surface area contributed by atoms with Gasteiger partial charge in [-0.2, -0.15) is 0 Å². The number of hydrogen-bond donors (Lipinski definition) is 2. The third-order valence-electron chi connectivity index (χ3n) is 5.72. The Hall–Kier alpha value is -4.23. The van der Waals surface area contributed by atoms with E-state index in [0.29, 0.717) is 23.3 Å². The summed E-state index contributed by atoms with van der Waals surface area (Å²) in [4.78, 5) is 36.3. The molecule has 0 radical (unpaired) electrons. The van der Waals surface area contributed by atoms with E-state index < -0.39 is 10.8 Å². The molecule has 40 heavy (non-hydrogen) atoms. The minimum Gasteiger partial charge on any atom is -0.494 e. The zero-order valence-electron chi connectivity index (χ0n) is 21.6. The fourth-order valence-corrected chi connectivity index (χ4v) is 4.84. The SMILES string of the molecule is CCOc1ccc(NC(=O)CSc2nnc(CNC(=O)c3cccc([N+](=O)[O-])c3C)n2-c2ccc(Br)cc2)cc1. The average Bonchev–Trinajstić information content (AvgIpc) is 3.35. The molecular weight excluding hydrogens is 600 g/mol. The van der Waals surface area contributed by atoms with E-state index in [2.05, 4.69) is 36.8 Å². The van der Waals surface area contributed by atoms with E-state index in [1.165, 1.54) is 36.9 Å². The van der Waals surface area contributed by atoms with Gasteiger partial charge < -0.3 is 15.4 Å². The number of carbonyl (C=O) groups excluding carboxylic acids is 2. The summed E-state index contributed by atoms with van der Waals surface area (Å²) >= 11 is 4.62. The van der Waals surface area contributed by atoms with Gasteiger partial charge in [0.1, 0.15) is 5.75 Å². The third-order valence-corrected chi connectivity index (χ3v) is 7.18. The molecule has 13 heteroatoms. The Morgan fingerprint density at radius 3 is 2.48 bits per heavy atom. The summed E-state index contributed by atoms with van der Waals surface area (Å²) in [7, 11) is 0. The van der Waals surface area contributed by atoms with Gasteiger partial charge in [0, 0.05) is 33.0 Å². The Bertz CT molecular complexity index is 1530. The number of hydrogen-bond acceptors (Lipinski definition) is 8. The second-order valence-electron chi connectivity index (χ2n) is 8.39. The van der Waals surface area contributed by atoms with Crippen LogP contribution in [0.1, 0.15) is 28.7 Å². The van der Waals surface area contributed by atoms with Crippen LogP contribution in [-0.4, -0.2) is 43.9 Å². The van der Waals surface area contributed by atoms with E-state index in [1.807, 2.05) is 31.2 Å². The number of rotatable bonds is 11. The molecular formula is C27H25BrN6O5S. The second-order valence-corrected chi connectivity index (χ2v) is 10.3. The van der Waals surface area contributed by atoms with Crippen LogP contribution in [0.25, 0.3) is 5.69 Å². The molecule has 0 aliphatic carbocycles. The first-order valence-corrected chi connectivity index (χ1v) is 13.9. The van der Waals surface area contributed by atoms with Gasteiger partial charge in [0.2, 0.25) is 5.91 Å². The predicted molar refractivity (Wildman–Crippen MR) is 155 cm³/mol. The number of amides is 2. The number of nitro benzene ring substituents is 1. The van der Waals surface area contributed by atoms with E-state index in [1.54, 1.807) is 28.8 Å². The summed E-state index contributed by atoms with van der Waals surface area (Å²) in [6.45, 7) is 3.99. The number of nitrogens with one attached hydrogen (secondary N) is 2. The van der Waals surface area contributed by atoms with Crippen LogP contribution in [0.3, 0.4) is 0 Å². The number of nitro groups is 1. The molecule has 11 nitrogen and oxygen atoms in total. The number of nitrogens with zero attached hydrogens (tertiary/aromatic N) is 4. The van der Waals surface area contributed by atoms with Gasteiger partial charge in [-0.15, -0.1) is 10.2 Å². The summed E-state index contributed by atoms with van der Waals surface area (Å²) in [5.74, 6) is 0.512. The number of halogens is 1. The molecule has 0 unspecified atom stereocenters. The van der Waals surface area contributed by atoms with Crippen molar-refractivity contribution in [3.63, 3.8) is 0 Å². The van der Waals surface area contributed by atoms with Crippen molar-refractivity contribution in [2.75, 3.05) is 17.7 Å². The van der Waals surface area contributed by atoms with Crippen LogP contribution in [0.4, 0.5) is 11.4 Å². The van der Waals surface area contributed by atoms with Gasteiger partial charge >= 0.3 is 0 Å². The van der Waals surface area contributed by atoms with Crippen molar-refractivity contribution in [2.45, 2.75) is 25.5 Å². The van der Waals surface area contributed by atoms with Gasteiger partial charge in [0.05, 0.1) is 23.8 Å². The van der Waals surface area contributed by atoms with Gasteiger partial charge in [-0.3, -0.25) is 24.3 Å². The predicted octanol–water partition coefficient (Wildman–Crippen LogP) is 5.31. The van der Waals surface area contributed by atoms with Gasteiger partial charge in [0.25, 0.3) is 11.6 Å². The molecule has 206 valence electrons. The maximum Gasteiger partial charge on any atom is 0.273 e. The molecule has 2 amide bonds. The number of benzene rings is 3. The minimum atomic E-state index is -0.522. The maximum absolute atomic E-state index is 12.9. The lowest BCUT2D eigenvalue weighted by Gasteiger charge is -2.12. The van der Waals surface area contributed by atoms with E-state index in [9.17, 15) is 19.7 Å². The van der Waals surface area contributed by atoms with Gasteiger partial charge in [-0.25, -0.2) is 0 Å². The summed E-state index contributed by atoms with van der Waals surface area (Å²) in [6.07, 6.45) is 0. The normalized spacial score (nSPS) is 10.7. The first-order valence-electron chi connectivity index (χ1n) is 12.1. The number of carbonyl (C=O) groups is 2. The van der Waals surface area contributed by atoms with E-state index >= 15 is 0 Å². The molecule has 1 heterocycles. The van der Waals surface area contributed by atoms with Gasteiger partial charge in [-0.1, -0.05) is 33.8 Å². The van der Waals surface area contributed by atoms with Crippen molar-refractivity contribution in [2.24, 2.45) is 0 Å². The standard InChI is InChI=1S/C27H25BrN6O5S/c1-3-39-21-13-9-19(10-14-21)30-25(35)16-40-27-32-31-24(33(27)20-11-7-18(28)8-12-20)15-29-26(36)22-5-4-6-23(17(22)2)34(37)38/h4-14H,3,15-16H2,1-2H3,(H,29,36)(H,30,35). The second kappa shape index (κ2) is 13.2. The molecule has 4 rings (SSSR count). The van der Waals surface area contributed by atoms with Crippen molar-refractivity contribution < 1.29 is 19.2 Å². The van der Waals surface area contributed by atoms with Crippen LogP contribution < -0.4 is 15.4 Å². The fourth-order valence-electron chi connectivity index (χ4n) is 3.81. The highest BCUT2D eigenvalue weighted by molar-refractivity contribution is 9.10. The van der Waals surface area contributed by atoms with Crippen LogP contribution in [0.15, 0.2) is 76.4 Å². The molecule has 0 bridgehead atoms. The molecule has 0 saturated heterocycles. The Kier molecular flexibility index (Phi) is 9.51. The van der Waals surface area contributed by atoms with Crippen LogP contribution >= 0.6 is 27.7 Å². The topological polar surface area (TPSA) is 141 Å². The van der Waals surface area contributed by atoms with Crippen LogP contribution in [0, 0.1) is 17.0 Å². The highest BCUT2D eigenvalue weighted by atomic mass is 79.9. The molecule has 0 aliphatic rings. The van der Waals surface area contributed by atoms with E-state index in [-0.39, 0.29) is 35.0 Å². The smallest absolute Gasteiger partial charge is 0.273 e. The summed E-state index contributed by atoms with van der Waals surface area (Å²) in [5, 5.41) is 25.9. The van der Waals surface area contributed by atoms with Gasteiger partial charge in [0.15, 0.2) is 11.0 Å². The molecule has 0 fully saturated rings. The lowest BCUT2D eigenvalue weighted by Crippen LogP contribution is -2.25. The van der Waals surface area contributed by atoms with Crippen LogP contribution in [-0.2, 0) is 11.3 Å². The largest absolute Gasteiger partial charge is 0.494 e. The van der Waals surface area contributed by atoms with Crippen molar-refractivity contribution >= 4 is 50.9 Å². The lowest BCUT2D eigenvalue weighted by molar-refractivity contribution is -0.385. The highest BCUT2D eigenvalue weighted by Crippen LogP contribution is 2.25. The fraction of sp³-hybridized carbons (Fsp3) is 0.185. The van der Waals surface area contributed by atoms with Crippen molar-refractivity contribution in [3.05, 3.63) is 98.3 Å². The number of thioether (sulfide) groups is 1. The van der Waals surface area contributed by atoms with E-state index in [0.717, 1.165) is 15.9 Å². The molecule has 4 aromatic rings. The first kappa shape index (κ1) is 28.8. The quantitative estimate of drug-likeness (QED) is 0.130. The Balaban J connectivity index is 1.49. The summed E-state index contributed by atoms with van der Waals surface area (Å²) in [6, 6.07) is 18.9. The molecule has 2 N–H and O–H groups in total. The van der Waals surface area contributed by atoms with Crippen molar-refractivity contribution in [1.29, 1.82) is 0 Å². The molecule has 1 aromatic heterocycles.